The van der Waals surface area contributed by atoms with E-state index in [9.17, 15) is 14.7 Å². The number of nitrogens with zero attached hydrogens (tertiary/aromatic N) is 3. The fraction of sp³-hybridized carbons (Fsp3) is 0.312. The van der Waals surface area contributed by atoms with Crippen LogP contribution in [0.4, 0.5) is 0 Å². The summed E-state index contributed by atoms with van der Waals surface area (Å²) in [4.78, 5) is 25.2. The molecule has 1 amide bonds. The van der Waals surface area contributed by atoms with Gasteiger partial charge in [-0.15, -0.1) is 0 Å². The summed E-state index contributed by atoms with van der Waals surface area (Å²) in [5.74, 6) is -1.16. The van der Waals surface area contributed by atoms with Gasteiger partial charge < -0.3 is 10.0 Å². The van der Waals surface area contributed by atoms with Gasteiger partial charge in [0.05, 0.1) is 5.69 Å². The third-order valence-corrected chi connectivity index (χ3v) is 3.99. The molecule has 1 saturated heterocycles. The normalized spacial score (nSPS) is 17.7. The third kappa shape index (κ3) is 2.47. The summed E-state index contributed by atoms with van der Waals surface area (Å²) >= 11 is 0. The van der Waals surface area contributed by atoms with E-state index < -0.39 is 12.0 Å². The first-order valence-electron chi connectivity index (χ1n) is 7.22. The van der Waals surface area contributed by atoms with Crippen LogP contribution in [-0.2, 0) is 4.79 Å². The molecule has 1 aromatic carbocycles. The van der Waals surface area contributed by atoms with Crippen LogP contribution in [-0.4, -0.2) is 44.3 Å². The summed E-state index contributed by atoms with van der Waals surface area (Å²) in [6, 6.07) is 6.47. The van der Waals surface area contributed by atoms with Crippen LogP contribution in [0.25, 0.3) is 5.69 Å². The van der Waals surface area contributed by atoms with Crippen molar-refractivity contribution in [3.8, 4) is 5.69 Å². The van der Waals surface area contributed by atoms with Gasteiger partial charge in [-0.2, -0.15) is 5.10 Å². The van der Waals surface area contributed by atoms with Crippen molar-refractivity contribution in [1.82, 2.24) is 14.7 Å². The molecule has 0 spiro atoms. The maximum absolute atomic E-state index is 12.6. The SMILES string of the molecule is Cc1cc(C(=O)N2CCC[C@@H]2C(=O)O)ccc1-n1cccn1. The maximum atomic E-state index is 12.6. The van der Waals surface area contributed by atoms with Crippen molar-refractivity contribution in [2.24, 2.45) is 0 Å². The Labute approximate surface area is 128 Å². The van der Waals surface area contributed by atoms with E-state index in [1.165, 1.54) is 4.90 Å². The van der Waals surface area contributed by atoms with Crippen molar-refractivity contribution in [3.05, 3.63) is 47.8 Å². The number of carboxylic acids is 1. The summed E-state index contributed by atoms with van der Waals surface area (Å²) in [7, 11) is 0. The van der Waals surface area contributed by atoms with E-state index in [1.54, 1.807) is 23.0 Å². The molecule has 0 radical (unpaired) electrons. The summed E-state index contributed by atoms with van der Waals surface area (Å²) in [6.45, 7) is 2.40. The molecular weight excluding hydrogens is 282 g/mol. The number of aryl methyl sites for hydroxylation is 1. The lowest BCUT2D eigenvalue weighted by atomic mass is 10.1. The minimum atomic E-state index is -0.935. The molecule has 0 unspecified atom stereocenters. The Morgan fingerprint density at radius 3 is 2.82 bits per heavy atom. The van der Waals surface area contributed by atoms with Gasteiger partial charge in [0.25, 0.3) is 5.91 Å². The van der Waals surface area contributed by atoms with Crippen molar-refractivity contribution in [3.63, 3.8) is 0 Å². The number of carbonyl (C=O) groups excluding carboxylic acids is 1. The van der Waals surface area contributed by atoms with Gasteiger partial charge in [0.15, 0.2) is 0 Å². The second kappa shape index (κ2) is 5.63. The Kier molecular flexibility index (Phi) is 3.66. The van der Waals surface area contributed by atoms with Crippen molar-refractivity contribution in [1.29, 1.82) is 0 Å². The average Bonchev–Trinajstić information content (AvgIpc) is 3.17. The lowest BCUT2D eigenvalue weighted by Gasteiger charge is -2.22. The van der Waals surface area contributed by atoms with Gasteiger partial charge in [0.1, 0.15) is 6.04 Å². The predicted octanol–water partition coefficient (Wildman–Crippen LogP) is 1.87. The number of amides is 1. The topological polar surface area (TPSA) is 75.4 Å². The van der Waals surface area contributed by atoms with Crippen LogP contribution in [0.5, 0.6) is 0 Å². The molecule has 0 saturated carbocycles. The molecule has 6 heteroatoms. The van der Waals surface area contributed by atoms with Crippen LogP contribution >= 0.6 is 0 Å². The number of hydrogen-bond donors (Lipinski definition) is 1. The number of likely N-dealkylation sites (tertiary alicyclic amines) is 1. The second-order valence-corrected chi connectivity index (χ2v) is 5.45. The molecule has 0 aliphatic carbocycles. The van der Waals surface area contributed by atoms with E-state index in [2.05, 4.69) is 5.10 Å². The molecule has 22 heavy (non-hydrogen) atoms. The summed E-state index contributed by atoms with van der Waals surface area (Å²) < 4.78 is 1.74. The zero-order valence-corrected chi connectivity index (χ0v) is 12.3. The van der Waals surface area contributed by atoms with Gasteiger partial charge in [-0.1, -0.05) is 0 Å². The Morgan fingerprint density at radius 1 is 1.36 bits per heavy atom. The number of carboxylic acid groups (broad SMARTS) is 1. The van der Waals surface area contributed by atoms with Gasteiger partial charge in [-0.05, 0) is 49.6 Å². The Morgan fingerprint density at radius 2 is 2.18 bits per heavy atom. The largest absolute Gasteiger partial charge is 0.480 e. The van der Waals surface area contributed by atoms with E-state index in [4.69, 9.17) is 0 Å². The quantitative estimate of drug-likeness (QED) is 0.938. The van der Waals surface area contributed by atoms with Crippen molar-refractivity contribution in [2.45, 2.75) is 25.8 Å². The first-order valence-corrected chi connectivity index (χ1v) is 7.22. The van der Waals surface area contributed by atoms with Gasteiger partial charge >= 0.3 is 5.97 Å². The number of aliphatic carboxylic acids is 1. The van der Waals surface area contributed by atoms with Crippen LogP contribution in [0.2, 0.25) is 0 Å². The van der Waals surface area contributed by atoms with Crippen LogP contribution in [0.3, 0.4) is 0 Å². The Hall–Kier alpha value is -2.63. The third-order valence-electron chi connectivity index (χ3n) is 3.99. The van der Waals surface area contributed by atoms with Gasteiger partial charge in [-0.3, -0.25) is 4.79 Å². The van der Waals surface area contributed by atoms with Gasteiger partial charge in [0.2, 0.25) is 0 Å². The molecular formula is C16H17N3O3. The predicted molar refractivity (Wildman–Crippen MR) is 80.0 cm³/mol. The number of rotatable bonds is 3. The average molecular weight is 299 g/mol. The van der Waals surface area contributed by atoms with Crippen molar-refractivity contribution >= 4 is 11.9 Å². The van der Waals surface area contributed by atoms with Gasteiger partial charge in [-0.25, -0.2) is 9.48 Å². The molecule has 114 valence electrons. The fourth-order valence-corrected chi connectivity index (χ4v) is 2.89. The molecule has 1 aliphatic heterocycles. The number of carbonyl (C=O) groups is 2. The van der Waals surface area contributed by atoms with Crippen molar-refractivity contribution < 1.29 is 14.7 Å². The minimum absolute atomic E-state index is 0.222. The van der Waals surface area contributed by atoms with Crippen LogP contribution in [0, 0.1) is 6.92 Å². The standard InChI is InChI=1S/C16H17N3O3/c1-11-10-12(5-6-13(11)19-9-3-7-17-19)15(20)18-8-2-4-14(18)16(21)22/h3,5-7,9-10,14H,2,4,8H2,1H3,(H,21,22)/t14-/m1/s1. The summed E-state index contributed by atoms with van der Waals surface area (Å²) in [5.41, 5.74) is 2.33. The number of aromatic nitrogens is 2. The van der Waals surface area contributed by atoms with E-state index in [1.807, 2.05) is 25.3 Å². The highest BCUT2D eigenvalue weighted by Gasteiger charge is 2.34. The molecule has 2 aromatic rings. The maximum Gasteiger partial charge on any atom is 0.326 e. The molecule has 1 aromatic heterocycles. The van der Waals surface area contributed by atoms with E-state index in [-0.39, 0.29) is 5.91 Å². The lowest BCUT2D eigenvalue weighted by Crippen LogP contribution is -2.40. The van der Waals surface area contributed by atoms with Crippen LogP contribution in [0.1, 0.15) is 28.8 Å². The summed E-state index contributed by atoms with van der Waals surface area (Å²) in [6.07, 6.45) is 4.78. The molecule has 6 nitrogen and oxygen atoms in total. The summed E-state index contributed by atoms with van der Waals surface area (Å²) in [5, 5.41) is 13.4. The zero-order valence-electron chi connectivity index (χ0n) is 12.3. The highest BCUT2D eigenvalue weighted by Crippen LogP contribution is 2.22. The molecule has 3 rings (SSSR count). The highest BCUT2D eigenvalue weighted by molar-refractivity contribution is 5.97. The van der Waals surface area contributed by atoms with E-state index in [0.717, 1.165) is 17.7 Å². The van der Waals surface area contributed by atoms with Gasteiger partial charge in [0, 0.05) is 24.5 Å². The molecule has 1 atom stereocenters. The first kappa shape index (κ1) is 14.3. The molecule has 0 bridgehead atoms. The van der Waals surface area contributed by atoms with E-state index in [0.29, 0.717) is 18.5 Å². The fourth-order valence-electron chi connectivity index (χ4n) is 2.89. The van der Waals surface area contributed by atoms with Crippen LogP contribution < -0.4 is 0 Å². The monoisotopic (exact) mass is 299 g/mol. The zero-order chi connectivity index (χ0) is 15.7. The van der Waals surface area contributed by atoms with Crippen LogP contribution in [0.15, 0.2) is 36.7 Å². The van der Waals surface area contributed by atoms with Crippen molar-refractivity contribution in [2.75, 3.05) is 6.54 Å². The molecule has 1 N–H and O–H groups in total. The number of benzene rings is 1. The smallest absolute Gasteiger partial charge is 0.326 e. The first-order chi connectivity index (χ1) is 10.6. The highest BCUT2D eigenvalue weighted by atomic mass is 16.4. The van der Waals surface area contributed by atoms with E-state index >= 15 is 0 Å². The minimum Gasteiger partial charge on any atom is -0.480 e. The molecule has 1 aliphatic rings. The molecule has 1 fully saturated rings. The second-order valence-electron chi connectivity index (χ2n) is 5.45. The lowest BCUT2D eigenvalue weighted by molar-refractivity contribution is -0.141. The number of hydrogen-bond acceptors (Lipinski definition) is 3. The molecule has 2 heterocycles. The Bertz CT molecular complexity index is 709. The Balaban J connectivity index is 1.88.